The van der Waals surface area contributed by atoms with Crippen molar-refractivity contribution >= 4 is 21.5 Å². The van der Waals surface area contributed by atoms with Gasteiger partial charge < -0.3 is 12.9 Å². The standard InChI is InChI=1S/C6H8N2O3S.Na.H/c7-5-2-1-4(3-6(5)8)12(9,10)11;;/h1-3H,7-8H2,(H,9,10,11);;/q;+1;-1. The first-order chi connectivity index (χ1) is 5.41. The smallest absolute Gasteiger partial charge is 1.00 e. The Morgan fingerprint density at radius 1 is 1.23 bits per heavy atom. The van der Waals surface area contributed by atoms with Gasteiger partial charge >= 0.3 is 29.6 Å². The van der Waals surface area contributed by atoms with Crippen LogP contribution in [0.5, 0.6) is 0 Å². The van der Waals surface area contributed by atoms with Gasteiger partial charge in [0.25, 0.3) is 10.1 Å². The second-order valence-electron chi connectivity index (χ2n) is 2.27. The van der Waals surface area contributed by atoms with Crippen molar-refractivity contribution in [3.8, 4) is 0 Å². The summed E-state index contributed by atoms with van der Waals surface area (Å²) in [5, 5.41) is 0. The minimum Gasteiger partial charge on any atom is -1.00 e. The van der Waals surface area contributed by atoms with Crippen LogP contribution in [0, 0.1) is 0 Å². The molecule has 1 rings (SSSR count). The van der Waals surface area contributed by atoms with E-state index in [2.05, 4.69) is 0 Å². The summed E-state index contributed by atoms with van der Waals surface area (Å²) in [4.78, 5) is -0.255. The molecule has 0 aliphatic carbocycles. The van der Waals surface area contributed by atoms with Crippen LogP contribution in [0.1, 0.15) is 1.43 Å². The van der Waals surface area contributed by atoms with Gasteiger partial charge in [-0.2, -0.15) is 8.42 Å². The topological polar surface area (TPSA) is 106 Å². The van der Waals surface area contributed by atoms with Crippen LogP contribution in [0.15, 0.2) is 23.1 Å². The summed E-state index contributed by atoms with van der Waals surface area (Å²) in [6.45, 7) is 0. The Hall–Kier alpha value is -0.270. The SMILES string of the molecule is Nc1ccc(S(=O)(=O)O)cc1N.[H-].[Na+]. The van der Waals surface area contributed by atoms with Crippen molar-refractivity contribution in [2.75, 3.05) is 11.5 Å². The average Bonchev–Trinajstić information content (AvgIpc) is 1.92. The third-order valence-electron chi connectivity index (χ3n) is 1.36. The van der Waals surface area contributed by atoms with Gasteiger partial charge in [-0.1, -0.05) is 0 Å². The van der Waals surface area contributed by atoms with E-state index in [1.54, 1.807) is 0 Å². The van der Waals surface area contributed by atoms with E-state index in [0.29, 0.717) is 0 Å². The Morgan fingerprint density at radius 3 is 2.15 bits per heavy atom. The molecule has 0 saturated heterocycles. The molecule has 5 N–H and O–H groups in total. The van der Waals surface area contributed by atoms with Crippen molar-refractivity contribution in [2.45, 2.75) is 4.90 Å². The molecule has 0 atom stereocenters. The van der Waals surface area contributed by atoms with Gasteiger partial charge in [0.2, 0.25) is 0 Å². The molecule has 0 aliphatic rings. The number of benzene rings is 1. The minimum absolute atomic E-state index is 0. The summed E-state index contributed by atoms with van der Waals surface area (Å²) < 4.78 is 29.7. The molecule has 0 fully saturated rings. The van der Waals surface area contributed by atoms with Crippen LogP contribution in [0.25, 0.3) is 0 Å². The molecule has 0 bridgehead atoms. The summed E-state index contributed by atoms with van der Waals surface area (Å²) >= 11 is 0. The third kappa shape index (κ3) is 3.17. The first kappa shape index (κ1) is 12.7. The van der Waals surface area contributed by atoms with Crippen molar-refractivity contribution in [3.05, 3.63) is 18.2 Å². The van der Waals surface area contributed by atoms with E-state index in [1.807, 2.05) is 0 Å². The van der Waals surface area contributed by atoms with Crippen LogP contribution in [0.4, 0.5) is 11.4 Å². The van der Waals surface area contributed by atoms with Crippen LogP contribution in [-0.2, 0) is 10.1 Å². The minimum atomic E-state index is -4.18. The number of nitrogen functional groups attached to an aromatic ring is 2. The summed E-state index contributed by atoms with van der Waals surface area (Å²) in [5.41, 5.74) is 11.1. The molecule has 0 radical (unpaired) electrons. The van der Waals surface area contributed by atoms with Crippen molar-refractivity contribution in [1.82, 2.24) is 0 Å². The van der Waals surface area contributed by atoms with Crippen LogP contribution < -0.4 is 41.0 Å². The second-order valence-corrected chi connectivity index (χ2v) is 3.69. The molecule has 68 valence electrons. The van der Waals surface area contributed by atoms with Gasteiger partial charge in [-0.15, -0.1) is 0 Å². The number of rotatable bonds is 1. The quantitative estimate of drug-likeness (QED) is 0.265. The largest absolute Gasteiger partial charge is 1.00 e. The predicted molar refractivity (Wildman–Crippen MR) is 46.2 cm³/mol. The molecule has 0 heterocycles. The summed E-state index contributed by atoms with van der Waals surface area (Å²) in [5.74, 6) is 0. The number of hydrogen-bond donors (Lipinski definition) is 3. The van der Waals surface area contributed by atoms with Gasteiger partial charge in [0.05, 0.1) is 16.3 Å². The van der Waals surface area contributed by atoms with E-state index in [4.69, 9.17) is 16.0 Å². The molecule has 5 nitrogen and oxygen atoms in total. The van der Waals surface area contributed by atoms with E-state index in [-0.39, 0.29) is 47.3 Å². The van der Waals surface area contributed by atoms with Gasteiger partial charge in [-0.3, -0.25) is 4.55 Å². The Morgan fingerprint density at radius 2 is 1.77 bits per heavy atom. The van der Waals surface area contributed by atoms with Crippen LogP contribution >= 0.6 is 0 Å². The van der Waals surface area contributed by atoms with Gasteiger partial charge in [0.1, 0.15) is 0 Å². The summed E-state index contributed by atoms with van der Waals surface area (Å²) in [6, 6.07) is 3.60. The molecule has 0 amide bonds. The Balaban J connectivity index is 0. The first-order valence-corrected chi connectivity index (χ1v) is 4.48. The zero-order valence-electron chi connectivity index (χ0n) is 8.06. The van der Waals surface area contributed by atoms with Crippen molar-refractivity contribution < 1.29 is 44.0 Å². The number of anilines is 2. The Bertz CT molecular complexity index is 410. The van der Waals surface area contributed by atoms with E-state index in [1.165, 1.54) is 12.1 Å². The van der Waals surface area contributed by atoms with Crippen LogP contribution in [0.2, 0.25) is 0 Å². The van der Waals surface area contributed by atoms with Gasteiger partial charge in [0, 0.05) is 0 Å². The Kier molecular flexibility index (Phi) is 4.21. The monoisotopic (exact) mass is 212 g/mol. The summed E-state index contributed by atoms with van der Waals surface area (Å²) in [7, 11) is -4.18. The third-order valence-corrected chi connectivity index (χ3v) is 2.21. The second kappa shape index (κ2) is 4.30. The van der Waals surface area contributed by atoms with E-state index >= 15 is 0 Å². The zero-order valence-corrected chi connectivity index (χ0v) is 9.88. The Labute approximate surface area is 99.6 Å². The molecular weight excluding hydrogens is 203 g/mol. The predicted octanol–water partition coefficient (Wildman–Crippen LogP) is -2.79. The van der Waals surface area contributed by atoms with Gasteiger partial charge in [-0.25, -0.2) is 0 Å². The normalized spacial score (nSPS) is 10.5. The molecule has 0 aliphatic heterocycles. The molecule has 13 heavy (non-hydrogen) atoms. The van der Waals surface area contributed by atoms with Crippen molar-refractivity contribution in [2.24, 2.45) is 0 Å². The fourth-order valence-corrected chi connectivity index (χ4v) is 1.23. The molecule has 1 aromatic rings. The number of nitrogens with two attached hydrogens (primary N) is 2. The maximum Gasteiger partial charge on any atom is 1.00 e. The van der Waals surface area contributed by atoms with Crippen LogP contribution in [-0.4, -0.2) is 13.0 Å². The van der Waals surface area contributed by atoms with Gasteiger partial charge in [0.15, 0.2) is 0 Å². The fourth-order valence-electron chi connectivity index (χ4n) is 0.713. The average molecular weight is 212 g/mol. The number of hydrogen-bond acceptors (Lipinski definition) is 4. The molecule has 0 saturated carbocycles. The van der Waals surface area contributed by atoms with Crippen molar-refractivity contribution in [1.29, 1.82) is 0 Å². The maximum absolute atomic E-state index is 10.6. The van der Waals surface area contributed by atoms with E-state index in [0.717, 1.165) is 6.07 Å². The van der Waals surface area contributed by atoms with Gasteiger partial charge in [-0.05, 0) is 18.2 Å². The molecule has 0 spiro atoms. The molecule has 1 aromatic carbocycles. The molecule has 7 heteroatoms. The van der Waals surface area contributed by atoms with Crippen molar-refractivity contribution in [3.63, 3.8) is 0 Å². The van der Waals surface area contributed by atoms with Crippen LogP contribution in [0.3, 0.4) is 0 Å². The first-order valence-electron chi connectivity index (χ1n) is 3.04. The molecular formula is C6H9N2NaO3S. The zero-order chi connectivity index (χ0) is 9.35. The van der Waals surface area contributed by atoms with E-state index < -0.39 is 10.1 Å². The molecule has 0 aromatic heterocycles. The summed E-state index contributed by atoms with van der Waals surface area (Å²) in [6.07, 6.45) is 0. The fraction of sp³-hybridized carbons (Fsp3) is 0. The maximum atomic E-state index is 10.6. The van der Waals surface area contributed by atoms with E-state index in [9.17, 15) is 8.42 Å². The molecule has 0 unspecified atom stereocenters.